The van der Waals surface area contributed by atoms with Crippen LogP contribution in [0, 0.1) is 11.8 Å². The van der Waals surface area contributed by atoms with E-state index in [0.717, 1.165) is 17.9 Å². The highest BCUT2D eigenvalue weighted by Crippen LogP contribution is 2.34. The molecule has 17 heavy (non-hydrogen) atoms. The first-order valence-electron chi connectivity index (χ1n) is 7.74. The largest absolute Gasteiger partial charge is 0.315 e. The number of likely N-dealkylation sites (tertiary alicyclic amines) is 1. The fourth-order valence-electron chi connectivity index (χ4n) is 3.57. The zero-order valence-electron chi connectivity index (χ0n) is 11.8. The number of fused-ring (bicyclic) bond motifs is 2. The Balaban J connectivity index is 1.70. The molecule has 0 aromatic carbocycles. The smallest absolute Gasteiger partial charge is 0.0192 e. The highest BCUT2D eigenvalue weighted by Gasteiger charge is 2.31. The number of unbranched alkanes of at least 4 members (excludes halogenated alkanes) is 1. The van der Waals surface area contributed by atoms with Gasteiger partial charge in [-0.25, -0.2) is 0 Å². The lowest BCUT2D eigenvalue weighted by Gasteiger charge is -2.44. The lowest BCUT2D eigenvalue weighted by molar-refractivity contribution is 0.0585. The summed E-state index contributed by atoms with van der Waals surface area (Å²) in [7, 11) is 0. The second kappa shape index (κ2) is 6.75. The molecule has 1 saturated heterocycles. The number of nitrogens with one attached hydrogen (secondary N) is 1. The molecule has 1 N–H and O–H groups in total. The standard InChI is InChI=1S/C15H30N2/c1-3-4-8-16-10-13(2)17-11-14-6-5-7-15(9-14)12-17/h13-16H,3-12H2,1-2H3. The van der Waals surface area contributed by atoms with E-state index in [-0.39, 0.29) is 0 Å². The summed E-state index contributed by atoms with van der Waals surface area (Å²) in [4.78, 5) is 2.75. The van der Waals surface area contributed by atoms with Crippen LogP contribution >= 0.6 is 0 Å². The van der Waals surface area contributed by atoms with Crippen LogP contribution in [0.2, 0.25) is 0 Å². The molecule has 0 spiro atoms. The van der Waals surface area contributed by atoms with Crippen LogP contribution in [0.3, 0.4) is 0 Å². The van der Waals surface area contributed by atoms with E-state index in [0.29, 0.717) is 0 Å². The van der Waals surface area contributed by atoms with Crippen molar-refractivity contribution < 1.29 is 0 Å². The van der Waals surface area contributed by atoms with E-state index in [2.05, 4.69) is 24.1 Å². The molecule has 3 atom stereocenters. The van der Waals surface area contributed by atoms with Gasteiger partial charge in [0.25, 0.3) is 0 Å². The van der Waals surface area contributed by atoms with Gasteiger partial charge >= 0.3 is 0 Å². The van der Waals surface area contributed by atoms with E-state index in [1.54, 1.807) is 0 Å². The van der Waals surface area contributed by atoms with Crippen molar-refractivity contribution in [2.45, 2.75) is 58.4 Å². The molecular weight excluding hydrogens is 208 g/mol. The zero-order chi connectivity index (χ0) is 12.1. The van der Waals surface area contributed by atoms with E-state index < -0.39 is 0 Å². The van der Waals surface area contributed by atoms with Crippen molar-refractivity contribution in [2.75, 3.05) is 26.2 Å². The third kappa shape index (κ3) is 3.96. The Morgan fingerprint density at radius 3 is 2.59 bits per heavy atom. The van der Waals surface area contributed by atoms with Crippen molar-refractivity contribution in [3.05, 3.63) is 0 Å². The van der Waals surface area contributed by atoms with Gasteiger partial charge < -0.3 is 5.32 Å². The summed E-state index contributed by atoms with van der Waals surface area (Å²) < 4.78 is 0. The third-order valence-corrected chi connectivity index (χ3v) is 4.65. The van der Waals surface area contributed by atoms with Crippen LogP contribution in [0.1, 0.15) is 52.4 Å². The Labute approximate surface area is 107 Å². The Bertz CT molecular complexity index is 205. The number of piperidine rings is 1. The molecule has 2 heteroatoms. The van der Waals surface area contributed by atoms with Crippen LogP contribution < -0.4 is 5.32 Å². The molecule has 0 amide bonds. The molecule has 0 radical (unpaired) electrons. The SMILES string of the molecule is CCCCNCC(C)N1CC2CCCC(C2)C1. The van der Waals surface area contributed by atoms with Gasteiger partial charge in [-0.05, 0) is 51.0 Å². The average Bonchev–Trinajstić information content (AvgIpc) is 2.34. The summed E-state index contributed by atoms with van der Waals surface area (Å²) in [5.74, 6) is 2.03. The maximum atomic E-state index is 3.61. The minimum atomic E-state index is 0.732. The van der Waals surface area contributed by atoms with Gasteiger partial charge in [0.05, 0.1) is 0 Å². The molecule has 2 bridgehead atoms. The summed E-state index contributed by atoms with van der Waals surface area (Å²) >= 11 is 0. The topological polar surface area (TPSA) is 15.3 Å². The lowest BCUT2D eigenvalue weighted by Crippen LogP contribution is -2.49. The Morgan fingerprint density at radius 2 is 1.94 bits per heavy atom. The van der Waals surface area contributed by atoms with Crippen LogP contribution in [0.15, 0.2) is 0 Å². The van der Waals surface area contributed by atoms with E-state index in [1.807, 2.05) is 0 Å². The maximum absolute atomic E-state index is 3.61. The average molecular weight is 238 g/mol. The summed E-state index contributed by atoms with van der Waals surface area (Å²) in [6.07, 6.45) is 8.61. The van der Waals surface area contributed by atoms with Crippen molar-refractivity contribution in [1.82, 2.24) is 10.2 Å². The summed E-state index contributed by atoms with van der Waals surface area (Å²) in [6.45, 7) is 9.78. The molecule has 2 nitrogen and oxygen atoms in total. The molecule has 3 unspecified atom stereocenters. The van der Waals surface area contributed by atoms with Crippen LogP contribution in [0.25, 0.3) is 0 Å². The first-order chi connectivity index (χ1) is 8.29. The normalized spacial score (nSPS) is 31.4. The monoisotopic (exact) mass is 238 g/mol. The number of hydrogen-bond acceptors (Lipinski definition) is 2. The van der Waals surface area contributed by atoms with Gasteiger partial charge in [0.1, 0.15) is 0 Å². The van der Waals surface area contributed by atoms with Gasteiger partial charge in [-0.1, -0.05) is 19.8 Å². The first-order valence-corrected chi connectivity index (χ1v) is 7.74. The van der Waals surface area contributed by atoms with Crippen LogP contribution in [0.5, 0.6) is 0 Å². The van der Waals surface area contributed by atoms with Crippen LogP contribution in [-0.4, -0.2) is 37.1 Å². The fourth-order valence-corrected chi connectivity index (χ4v) is 3.57. The van der Waals surface area contributed by atoms with Crippen molar-refractivity contribution in [3.63, 3.8) is 0 Å². The van der Waals surface area contributed by atoms with Gasteiger partial charge in [0.2, 0.25) is 0 Å². The molecule has 100 valence electrons. The first kappa shape index (κ1) is 13.4. The minimum absolute atomic E-state index is 0.732. The van der Waals surface area contributed by atoms with Crippen LogP contribution in [-0.2, 0) is 0 Å². The predicted octanol–water partition coefficient (Wildman–Crippen LogP) is 2.89. The fraction of sp³-hybridized carbons (Fsp3) is 1.00. The third-order valence-electron chi connectivity index (χ3n) is 4.65. The minimum Gasteiger partial charge on any atom is -0.315 e. The number of nitrogens with zero attached hydrogens (tertiary/aromatic N) is 1. The quantitative estimate of drug-likeness (QED) is 0.716. The van der Waals surface area contributed by atoms with Crippen molar-refractivity contribution in [3.8, 4) is 0 Å². The van der Waals surface area contributed by atoms with Gasteiger partial charge in [0, 0.05) is 25.7 Å². The van der Waals surface area contributed by atoms with E-state index in [1.165, 1.54) is 64.7 Å². The van der Waals surface area contributed by atoms with Crippen molar-refractivity contribution >= 4 is 0 Å². The predicted molar refractivity (Wildman–Crippen MR) is 74.3 cm³/mol. The highest BCUT2D eigenvalue weighted by molar-refractivity contribution is 4.86. The molecule has 0 aromatic rings. The molecule has 2 aliphatic rings. The van der Waals surface area contributed by atoms with E-state index in [9.17, 15) is 0 Å². The molecular formula is C15H30N2. The molecule has 2 rings (SSSR count). The van der Waals surface area contributed by atoms with Gasteiger partial charge in [0.15, 0.2) is 0 Å². The Hall–Kier alpha value is -0.0800. The second-order valence-corrected chi connectivity index (χ2v) is 6.26. The number of hydrogen-bond donors (Lipinski definition) is 1. The zero-order valence-corrected chi connectivity index (χ0v) is 11.8. The molecule has 0 aromatic heterocycles. The molecule has 1 saturated carbocycles. The van der Waals surface area contributed by atoms with Gasteiger partial charge in [-0.15, -0.1) is 0 Å². The van der Waals surface area contributed by atoms with Crippen molar-refractivity contribution in [1.29, 1.82) is 0 Å². The summed E-state index contributed by atoms with van der Waals surface area (Å²) in [6, 6.07) is 0.732. The van der Waals surface area contributed by atoms with Crippen LogP contribution in [0.4, 0.5) is 0 Å². The maximum Gasteiger partial charge on any atom is 0.0192 e. The molecule has 1 aliphatic heterocycles. The lowest BCUT2D eigenvalue weighted by atomic mass is 9.77. The van der Waals surface area contributed by atoms with Crippen molar-refractivity contribution in [2.24, 2.45) is 11.8 Å². The second-order valence-electron chi connectivity index (χ2n) is 6.26. The molecule has 1 aliphatic carbocycles. The van der Waals surface area contributed by atoms with Gasteiger partial charge in [-0.3, -0.25) is 4.90 Å². The Morgan fingerprint density at radius 1 is 1.24 bits per heavy atom. The summed E-state index contributed by atoms with van der Waals surface area (Å²) in [5.41, 5.74) is 0. The molecule has 2 fully saturated rings. The number of rotatable bonds is 6. The van der Waals surface area contributed by atoms with Gasteiger partial charge in [-0.2, -0.15) is 0 Å². The molecule has 1 heterocycles. The van der Waals surface area contributed by atoms with E-state index >= 15 is 0 Å². The van der Waals surface area contributed by atoms with E-state index in [4.69, 9.17) is 0 Å². The summed E-state index contributed by atoms with van der Waals surface area (Å²) in [5, 5.41) is 3.61. The highest BCUT2D eigenvalue weighted by atomic mass is 15.2. The Kier molecular flexibility index (Phi) is 5.30.